The van der Waals surface area contributed by atoms with E-state index in [9.17, 15) is 9.90 Å². The van der Waals surface area contributed by atoms with Crippen LogP contribution in [0.3, 0.4) is 0 Å². The molecule has 3 heterocycles. The molecule has 0 amide bonds. The van der Waals surface area contributed by atoms with E-state index >= 15 is 0 Å². The van der Waals surface area contributed by atoms with Gasteiger partial charge < -0.3 is 14.8 Å². The van der Waals surface area contributed by atoms with Crippen LogP contribution in [0.25, 0.3) is 0 Å². The second-order valence-electron chi connectivity index (χ2n) is 5.55. The number of aromatic nitrogens is 2. The fourth-order valence-electron chi connectivity index (χ4n) is 3.06. The second-order valence-corrected chi connectivity index (χ2v) is 5.55. The molecule has 0 fully saturated rings. The zero-order valence-electron chi connectivity index (χ0n) is 12.4. The molecule has 5 nitrogen and oxygen atoms in total. The van der Waals surface area contributed by atoms with E-state index in [1.54, 1.807) is 25.3 Å². The molecular weight excluding hydrogens is 292 g/mol. The van der Waals surface area contributed by atoms with Crippen molar-refractivity contribution in [3.05, 3.63) is 81.4 Å². The summed E-state index contributed by atoms with van der Waals surface area (Å²) in [5.74, 6) is 0.648. The van der Waals surface area contributed by atoms with Gasteiger partial charge in [-0.25, -0.2) is 4.98 Å². The summed E-state index contributed by atoms with van der Waals surface area (Å²) in [7, 11) is 0. The molecule has 1 aliphatic heterocycles. The van der Waals surface area contributed by atoms with Crippen LogP contribution in [0.4, 0.5) is 0 Å². The fourth-order valence-corrected chi connectivity index (χ4v) is 3.06. The summed E-state index contributed by atoms with van der Waals surface area (Å²) in [6.45, 7) is 1.73. The molecule has 0 spiro atoms. The number of nitrogens with zero attached hydrogens (tertiary/aromatic N) is 1. The number of aromatic amines is 1. The average molecular weight is 306 g/mol. The van der Waals surface area contributed by atoms with Gasteiger partial charge in [0, 0.05) is 23.0 Å². The van der Waals surface area contributed by atoms with E-state index in [1.165, 1.54) is 0 Å². The maximum atomic E-state index is 12.5. The third-order valence-electron chi connectivity index (χ3n) is 4.02. The number of fused-ring (bicyclic) bond motifs is 2. The Morgan fingerprint density at radius 3 is 2.78 bits per heavy atom. The van der Waals surface area contributed by atoms with Gasteiger partial charge >= 0.3 is 0 Å². The molecule has 1 aliphatic rings. The van der Waals surface area contributed by atoms with E-state index < -0.39 is 5.92 Å². The summed E-state index contributed by atoms with van der Waals surface area (Å²) in [5, 5.41) is 10.4. The van der Waals surface area contributed by atoms with Crippen molar-refractivity contribution in [3.63, 3.8) is 0 Å². The van der Waals surface area contributed by atoms with E-state index in [1.807, 2.05) is 30.3 Å². The minimum atomic E-state index is -0.423. The number of hydrogen-bond acceptors (Lipinski definition) is 4. The third kappa shape index (κ3) is 2.09. The minimum Gasteiger partial charge on any atom is -0.507 e. The molecule has 4 rings (SSSR count). The fraction of sp³-hybridized carbons (Fsp3) is 0.111. The first-order valence-corrected chi connectivity index (χ1v) is 7.29. The zero-order chi connectivity index (χ0) is 16.0. The molecule has 0 bridgehead atoms. The lowest BCUT2D eigenvalue weighted by molar-refractivity contribution is 0.427. The van der Waals surface area contributed by atoms with Gasteiger partial charge in [0.25, 0.3) is 5.56 Å². The predicted molar refractivity (Wildman–Crippen MR) is 85.2 cm³/mol. The first kappa shape index (κ1) is 13.6. The summed E-state index contributed by atoms with van der Waals surface area (Å²) in [5.41, 5.74) is 2.20. The van der Waals surface area contributed by atoms with Crippen LogP contribution in [0.1, 0.15) is 28.3 Å². The summed E-state index contributed by atoms with van der Waals surface area (Å²) in [6.07, 6.45) is 1.64. The SMILES string of the molecule is Cc1cc(O)c(C2c3ccccc3Oc3ncccc32)c(=O)[nH]1. The zero-order valence-corrected chi connectivity index (χ0v) is 12.4. The summed E-state index contributed by atoms with van der Waals surface area (Å²) < 4.78 is 5.83. The molecule has 2 aromatic heterocycles. The second kappa shape index (κ2) is 4.98. The van der Waals surface area contributed by atoms with Crippen LogP contribution >= 0.6 is 0 Å². The first-order chi connectivity index (χ1) is 11.1. The Labute approximate surface area is 132 Å². The van der Waals surface area contributed by atoms with Crippen molar-refractivity contribution < 1.29 is 9.84 Å². The van der Waals surface area contributed by atoms with Gasteiger partial charge in [-0.2, -0.15) is 0 Å². The normalized spacial score (nSPS) is 15.4. The van der Waals surface area contributed by atoms with Crippen molar-refractivity contribution in [1.29, 1.82) is 0 Å². The molecule has 3 aromatic rings. The minimum absolute atomic E-state index is 0.0252. The molecule has 1 unspecified atom stereocenters. The van der Waals surface area contributed by atoms with Gasteiger partial charge in [0.1, 0.15) is 11.5 Å². The molecule has 23 heavy (non-hydrogen) atoms. The van der Waals surface area contributed by atoms with Gasteiger partial charge in [0.15, 0.2) is 0 Å². The lowest BCUT2D eigenvalue weighted by atomic mass is 9.84. The van der Waals surface area contributed by atoms with Crippen LogP contribution in [0.15, 0.2) is 53.5 Å². The van der Waals surface area contributed by atoms with Gasteiger partial charge in [-0.3, -0.25) is 4.79 Å². The Morgan fingerprint density at radius 1 is 1.17 bits per heavy atom. The molecule has 0 saturated heterocycles. The Morgan fingerprint density at radius 2 is 1.96 bits per heavy atom. The summed E-state index contributed by atoms with van der Waals surface area (Å²) >= 11 is 0. The lowest BCUT2D eigenvalue weighted by Gasteiger charge is -2.27. The number of nitrogens with one attached hydrogen (secondary N) is 1. The number of rotatable bonds is 1. The quantitative estimate of drug-likeness (QED) is 0.567. The molecule has 1 aromatic carbocycles. The third-order valence-corrected chi connectivity index (χ3v) is 4.02. The number of aromatic hydroxyl groups is 1. The Kier molecular flexibility index (Phi) is 2.94. The van der Waals surface area contributed by atoms with Crippen molar-refractivity contribution in [2.45, 2.75) is 12.8 Å². The number of aryl methyl sites for hydroxylation is 1. The molecule has 5 heteroatoms. The van der Waals surface area contributed by atoms with E-state index in [0.717, 1.165) is 11.1 Å². The monoisotopic (exact) mass is 306 g/mol. The van der Waals surface area contributed by atoms with Crippen LogP contribution in [0.2, 0.25) is 0 Å². The van der Waals surface area contributed by atoms with Crippen LogP contribution < -0.4 is 10.3 Å². The van der Waals surface area contributed by atoms with Gasteiger partial charge in [-0.1, -0.05) is 24.3 Å². The number of benzene rings is 1. The van der Waals surface area contributed by atoms with Gasteiger partial charge in [-0.15, -0.1) is 0 Å². The van der Waals surface area contributed by atoms with Crippen molar-refractivity contribution in [1.82, 2.24) is 9.97 Å². The van der Waals surface area contributed by atoms with Crippen molar-refractivity contribution >= 4 is 0 Å². The standard InChI is InChI=1S/C18H14N2O3/c1-10-9-13(21)16(17(22)20-10)15-11-5-2-3-7-14(11)23-18-12(15)6-4-8-19-18/h2-9,15H,1H3,(H2,20,21,22). The maximum absolute atomic E-state index is 12.5. The summed E-state index contributed by atoms with van der Waals surface area (Å²) in [6, 6.07) is 12.7. The highest BCUT2D eigenvalue weighted by Crippen LogP contribution is 2.46. The molecule has 0 radical (unpaired) electrons. The highest BCUT2D eigenvalue weighted by atomic mass is 16.5. The number of para-hydroxylation sites is 1. The number of hydrogen-bond donors (Lipinski definition) is 2. The lowest BCUT2D eigenvalue weighted by Crippen LogP contribution is -2.21. The Hall–Kier alpha value is -3.08. The van der Waals surface area contributed by atoms with Crippen LogP contribution in [0.5, 0.6) is 17.4 Å². The van der Waals surface area contributed by atoms with E-state index in [0.29, 0.717) is 22.9 Å². The Bertz CT molecular complexity index is 917. The van der Waals surface area contributed by atoms with Gasteiger partial charge in [0.05, 0.1) is 11.5 Å². The molecule has 0 aliphatic carbocycles. The molecule has 1 atom stereocenters. The van der Waals surface area contributed by atoms with Crippen LogP contribution in [0, 0.1) is 6.92 Å². The highest BCUT2D eigenvalue weighted by molar-refractivity contribution is 5.58. The molecule has 114 valence electrons. The average Bonchev–Trinajstić information content (AvgIpc) is 2.53. The van der Waals surface area contributed by atoms with Gasteiger partial charge in [0.2, 0.25) is 5.88 Å². The summed E-state index contributed by atoms with van der Waals surface area (Å²) in [4.78, 5) is 19.5. The topological polar surface area (TPSA) is 75.2 Å². The van der Waals surface area contributed by atoms with E-state index in [-0.39, 0.29) is 11.3 Å². The van der Waals surface area contributed by atoms with Crippen molar-refractivity contribution in [3.8, 4) is 17.4 Å². The van der Waals surface area contributed by atoms with E-state index in [4.69, 9.17) is 4.74 Å². The van der Waals surface area contributed by atoms with E-state index in [2.05, 4.69) is 9.97 Å². The number of pyridine rings is 2. The predicted octanol–water partition coefficient (Wildman–Crippen LogP) is 3.07. The smallest absolute Gasteiger partial charge is 0.256 e. The largest absolute Gasteiger partial charge is 0.507 e. The Balaban J connectivity index is 2.05. The molecule has 2 N–H and O–H groups in total. The van der Waals surface area contributed by atoms with Crippen LogP contribution in [-0.2, 0) is 0 Å². The number of H-pyrrole nitrogens is 1. The first-order valence-electron chi connectivity index (χ1n) is 7.29. The van der Waals surface area contributed by atoms with Crippen LogP contribution in [-0.4, -0.2) is 15.1 Å². The van der Waals surface area contributed by atoms with Crippen molar-refractivity contribution in [2.24, 2.45) is 0 Å². The van der Waals surface area contributed by atoms with Crippen molar-refractivity contribution in [2.75, 3.05) is 0 Å². The van der Waals surface area contributed by atoms with Gasteiger partial charge in [-0.05, 0) is 25.1 Å². The highest BCUT2D eigenvalue weighted by Gasteiger charge is 2.32. The maximum Gasteiger partial charge on any atom is 0.256 e. The molecular formula is C18H14N2O3. The molecule has 0 saturated carbocycles. The number of ether oxygens (including phenoxy) is 1.